The van der Waals surface area contributed by atoms with Crippen LogP contribution in [0, 0.1) is 0 Å². The lowest BCUT2D eigenvalue weighted by Crippen LogP contribution is -2.53. The molecule has 1 aromatic rings. The monoisotopic (exact) mass is 352 g/mol. The molecule has 23 heavy (non-hydrogen) atoms. The van der Waals surface area contributed by atoms with Crippen molar-refractivity contribution in [2.75, 3.05) is 25.9 Å². The first kappa shape index (κ1) is 16.9. The molecule has 1 N–H and O–H groups in total. The number of rotatable bonds is 2. The zero-order chi connectivity index (χ0) is 16.1. The van der Waals surface area contributed by atoms with E-state index < -0.39 is 0 Å². The first-order chi connectivity index (χ1) is 11.2. The van der Waals surface area contributed by atoms with E-state index in [0.717, 1.165) is 31.2 Å². The summed E-state index contributed by atoms with van der Waals surface area (Å²) in [6.45, 7) is 2.93. The van der Waals surface area contributed by atoms with Crippen LogP contribution in [0.3, 0.4) is 0 Å². The lowest BCUT2D eigenvalue weighted by atomic mass is 9.87. The minimum absolute atomic E-state index is 0.454. The fraction of sp³-hybridized carbons (Fsp3) is 0.647. The van der Waals surface area contributed by atoms with Crippen molar-refractivity contribution in [1.82, 2.24) is 15.2 Å². The standard InChI is InChI=1S/C17H25ClN4S/c1-19-16(21-12-14-5-6-15(18)20-11-14)22-9-10-23-17(13-22)7-3-2-4-8-17/h5-6,11H,2-4,7-10,12-13H2,1H3,(H,19,21). The molecule has 4 nitrogen and oxygen atoms in total. The molecular formula is C17H25ClN4S. The Labute approximate surface area is 148 Å². The Morgan fingerprint density at radius 3 is 2.91 bits per heavy atom. The highest BCUT2D eigenvalue weighted by atomic mass is 35.5. The number of pyridine rings is 1. The van der Waals surface area contributed by atoms with E-state index in [1.54, 1.807) is 0 Å². The average molecular weight is 353 g/mol. The van der Waals surface area contributed by atoms with Crippen molar-refractivity contribution in [1.29, 1.82) is 0 Å². The van der Waals surface area contributed by atoms with Crippen molar-refractivity contribution >= 4 is 29.3 Å². The average Bonchev–Trinajstić information content (AvgIpc) is 2.58. The minimum atomic E-state index is 0.454. The molecule has 126 valence electrons. The van der Waals surface area contributed by atoms with Crippen LogP contribution < -0.4 is 5.32 Å². The molecule has 0 atom stereocenters. The van der Waals surface area contributed by atoms with Crippen molar-refractivity contribution in [3.8, 4) is 0 Å². The molecule has 0 radical (unpaired) electrons. The van der Waals surface area contributed by atoms with Gasteiger partial charge in [-0.25, -0.2) is 4.98 Å². The molecule has 1 spiro atoms. The van der Waals surface area contributed by atoms with Crippen molar-refractivity contribution in [2.24, 2.45) is 4.99 Å². The van der Waals surface area contributed by atoms with Crippen LogP contribution in [0.4, 0.5) is 0 Å². The number of hydrogen-bond donors (Lipinski definition) is 1. The van der Waals surface area contributed by atoms with E-state index in [-0.39, 0.29) is 0 Å². The number of hydrogen-bond acceptors (Lipinski definition) is 3. The second kappa shape index (κ2) is 7.75. The summed E-state index contributed by atoms with van der Waals surface area (Å²) in [5.41, 5.74) is 1.12. The summed E-state index contributed by atoms with van der Waals surface area (Å²) < 4.78 is 0.454. The van der Waals surface area contributed by atoms with Crippen molar-refractivity contribution < 1.29 is 0 Å². The number of nitrogens with zero attached hydrogens (tertiary/aromatic N) is 3. The SMILES string of the molecule is CN=C(NCc1ccc(Cl)nc1)N1CCSC2(CCCCC2)C1. The molecule has 3 rings (SSSR count). The van der Waals surface area contributed by atoms with E-state index in [2.05, 4.69) is 32.0 Å². The van der Waals surface area contributed by atoms with E-state index in [0.29, 0.717) is 9.90 Å². The van der Waals surface area contributed by atoms with Gasteiger partial charge in [0.2, 0.25) is 0 Å². The van der Waals surface area contributed by atoms with Gasteiger partial charge in [0.15, 0.2) is 5.96 Å². The quantitative estimate of drug-likeness (QED) is 0.502. The second-order valence-corrected chi connectivity index (χ2v) is 8.35. The fourth-order valence-electron chi connectivity index (χ4n) is 3.55. The van der Waals surface area contributed by atoms with Crippen LogP contribution in [-0.4, -0.2) is 46.5 Å². The van der Waals surface area contributed by atoms with Crippen molar-refractivity contribution in [3.63, 3.8) is 0 Å². The Morgan fingerprint density at radius 1 is 1.39 bits per heavy atom. The molecule has 0 aromatic carbocycles. The summed E-state index contributed by atoms with van der Waals surface area (Å²) >= 11 is 8.03. The molecule has 1 aliphatic heterocycles. The number of nitrogens with one attached hydrogen (secondary N) is 1. The summed E-state index contributed by atoms with van der Waals surface area (Å²) in [5.74, 6) is 2.20. The van der Waals surface area contributed by atoms with Gasteiger partial charge < -0.3 is 10.2 Å². The first-order valence-electron chi connectivity index (χ1n) is 8.41. The number of aromatic nitrogens is 1. The fourth-order valence-corrected chi connectivity index (χ4v) is 5.23. The molecule has 6 heteroatoms. The lowest BCUT2D eigenvalue weighted by Gasteiger charge is -2.45. The van der Waals surface area contributed by atoms with Gasteiger partial charge in [-0.15, -0.1) is 0 Å². The first-order valence-corrected chi connectivity index (χ1v) is 9.77. The summed E-state index contributed by atoms with van der Waals surface area (Å²) in [5, 5.41) is 4.01. The normalized spacial score (nSPS) is 21.5. The highest BCUT2D eigenvalue weighted by Gasteiger charge is 2.38. The molecule has 0 amide bonds. The van der Waals surface area contributed by atoms with Gasteiger partial charge in [0.1, 0.15) is 5.15 Å². The zero-order valence-electron chi connectivity index (χ0n) is 13.7. The predicted octanol–water partition coefficient (Wildman–Crippen LogP) is 3.56. The Morgan fingerprint density at radius 2 is 2.22 bits per heavy atom. The number of halogens is 1. The van der Waals surface area contributed by atoms with Gasteiger partial charge in [-0.3, -0.25) is 4.99 Å². The Hall–Kier alpha value is -0.940. The maximum absolute atomic E-state index is 5.84. The van der Waals surface area contributed by atoms with E-state index in [4.69, 9.17) is 11.6 Å². The Bertz CT molecular complexity index is 535. The maximum Gasteiger partial charge on any atom is 0.193 e. The smallest absolute Gasteiger partial charge is 0.193 e. The van der Waals surface area contributed by atoms with Gasteiger partial charge in [-0.1, -0.05) is 36.9 Å². The Balaban J connectivity index is 1.60. The van der Waals surface area contributed by atoms with Crippen molar-refractivity contribution in [2.45, 2.75) is 43.4 Å². The van der Waals surface area contributed by atoms with E-state index >= 15 is 0 Å². The van der Waals surface area contributed by atoms with Crippen LogP contribution in [-0.2, 0) is 6.54 Å². The van der Waals surface area contributed by atoms with Gasteiger partial charge in [0, 0.05) is 43.4 Å². The maximum atomic E-state index is 5.84. The van der Waals surface area contributed by atoms with Crippen LogP contribution in [0.5, 0.6) is 0 Å². The van der Waals surface area contributed by atoms with Crippen LogP contribution in [0.1, 0.15) is 37.7 Å². The lowest BCUT2D eigenvalue weighted by molar-refractivity contribution is 0.293. The van der Waals surface area contributed by atoms with Gasteiger partial charge in [-0.05, 0) is 24.5 Å². The van der Waals surface area contributed by atoms with Gasteiger partial charge >= 0.3 is 0 Å². The number of aliphatic imine (C=N–C) groups is 1. The summed E-state index contributed by atoms with van der Waals surface area (Å²) in [4.78, 5) is 11.1. The molecule has 2 heterocycles. The summed E-state index contributed by atoms with van der Waals surface area (Å²) in [6.07, 6.45) is 8.68. The zero-order valence-corrected chi connectivity index (χ0v) is 15.3. The van der Waals surface area contributed by atoms with E-state index in [9.17, 15) is 0 Å². The highest BCUT2D eigenvalue weighted by molar-refractivity contribution is 8.00. The van der Waals surface area contributed by atoms with E-state index in [1.165, 1.54) is 37.9 Å². The van der Waals surface area contributed by atoms with Crippen molar-refractivity contribution in [3.05, 3.63) is 29.0 Å². The molecule has 0 unspecified atom stereocenters. The third-order valence-electron chi connectivity index (χ3n) is 4.76. The third kappa shape index (κ3) is 4.32. The molecule has 0 bridgehead atoms. The van der Waals surface area contributed by atoms with Crippen LogP contribution in [0.2, 0.25) is 5.15 Å². The topological polar surface area (TPSA) is 40.5 Å². The van der Waals surface area contributed by atoms with Gasteiger partial charge in [0.05, 0.1) is 0 Å². The van der Waals surface area contributed by atoms with Gasteiger partial charge in [-0.2, -0.15) is 11.8 Å². The highest BCUT2D eigenvalue weighted by Crippen LogP contribution is 2.42. The van der Waals surface area contributed by atoms with Crippen LogP contribution >= 0.6 is 23.4 Å². The molecule has 2 fully saturated rings. The summed E-state index contributed by atoms with van der Waals surface area (Å²) in [7, 11) is 1.87. The second-order valence-electron chi connectivity index (χ2n) is 6.40. The number of thioether (sulfide) groups is 1. The van der Waals surface area contributed by atoms with Crippen LogP contribution in [0.15, 0.2) is 23.3 Å². The molecule has 1 aliphatic carbocycles. The largest absolute Gasteiger partial charge is 0.352 e. The van der Waals surface area contributed by atoms with Gasteiger partial charge in [0.25, 0.3) is 0 Å². The molecule has 1 saturated carbocycles. The minimum Gasteiger partial charge on any atom is -0.352 e. The number of guanidine groups is 1. The molecule has 2 aliphatic rings. The Kier molecular flexibility index (Phi) is 5.70. The summed E-state index contributed by atoms with van der Waals surface area (Å²) in [6, 6.07) is 3.83. The molecular weight excluding hydrogens is 328 g/mol. The predicted molar refractivity (Wildman–Crippen MR) is 99.3 cm³/mol. The molecule has 1 aromatic heterocycles. The van der Waals surface area contributed by atoms with E-state index in [1.807, 2.05) is 25.4 Å². The van der Waals surface area contributed by atoms with Crippen LogP contribution in [0.25, 0.3) is 0 Å². The third-order valence-corrected chi connectivity index (χ3v) is 6.52. The molecule has 1 saturated heterocycles.